The van der Waals surface area contributed by atoms with Crippen LogP contribution in [0.5, 0.6) is 0 Å². The minimum absolute atomic E-state index is 0.349. The second-order valence-electron chi connectivity index (χ2n) is 8.00. The summed E-state index contributed by atoms with van der Waals surface area (Å²) >= 11 is 8.58. The Hall–Kier alpha value is -3.48. The Bertz CT molecular complexity index is 1710. The van der Waals surface area contributed by atoms with Crippen molar-refractivity contribution in [3.05, 3.63) is 86.7 Å². The van der Waals surface area contributed by atoms with E-state index in [1.165, 1.54) is 0 Å². The summed E-state index contributed by atoms with van der Waals surface area (Å²) in [4.78, 5) is 4.79. The summed E-state index contributed by atoms with van der Waals surface area (Å²) in [5.74, 6) is 0.926. The minimum atomic E-state index is -0.917. The van der Waals surface area contributed by atoms with Crippen molar-refractivity contribution in [3.8, 4) is 22.6 Å². The fourth-order valence-corrected chi connectivity index (χ4v) is 4.79. The lowest BCUT2D eigenvalue weighted by molar-refractivity contribution is 0.221. The zero-order valence-corrected chi connectivity index (χ0v) is 21.1. The molecule has 0 fully saturated rings. The highest BCUT2D eigenvalue weighted by Crippen LogP contribution is 2.41. The number of aliphatic hydroxyl groups excluding tert-OH is 1. The van der Waals surface area contributed by atoms with E-state index in [1.54, 1.807) is 16.9 Å². The van der Waals surface area contributed by atoms with Crippen molar-refractivity contribution >= 4 is 50.9 Å². The monoisotopic (exact) mass is 594 g/mol. The summed E-state index contributed by atoms with van der Waals surface area (Å²) in [6.07, 6.45) is 0.705. The van der Waals surface area contributed by atoms with Crippen molar-refractivity contribution < 1.29 is 5.11 Å². The Morgan fingerprint density at radius 2 is 1.86 bits per heavy atom. The molecule has 3 heterocycles. The molecule has 35 heavy (non-hydrogen) atoms. The number of tetrazole rings is 1. The molecule has 0 radical (unpaired) electrons. The van der Waals surface area contributed by atoms with E-state index >= 15 is 0 Å². The number of aromatic nitrogens is 8. The Morgan fingerprint density at radius 1 is 1.03 bits per heavy atom. The van der Waals surface area contributed by atoms with Gasteiger partial charge in [-0.05, 0) is 74.5 Å². The fourth-order valence-electron chi connectivity index (χ4n) is 4.24. The molecule has 6 rings (SSSR count). The number of aryl methyl sites for hydroxylation is 1. The molecule has 0 aliphatic carbocycles. The summed E-state index contributed by atoms with van der Waals surface area (Å²) in [5, 5.41) is 33.4. The fraction of sp³-hybridized carbons (Fsp3) is 0.0833. The molecule has 6 aromatic rings. The molecule has 0 bridgehead atoms. The zero-order valence-electron chi connectivity index (χ0n) is 18.2. The van der Waals surface area contributed by atoms with Crippen LogP contribution < -0.4 is 0 Å². The number of halogens is 2. The van der Waals surface area contributed by atoms with Gasteiger partial charge >= 0.3 is 0 Å². The zero-order chi connectivity index (χ0) is 24.1. The van der Waals surface area contributed by atoms with Crippen molar-refractivity contribution in [1.29, 1.82) is 0 Å². The van der Waals surface area contributed by atoms with E-state index < -0.39 is 6.10 Å². The molecule has 1 unspecified atom stereocenters. The van der Waals surface area contributed by atoms with Gasteiger partial charge in [0.15, 0.2) is 5.82 Å². The summed E-state index contributed by atoms with van der Waals surface area (Å²) in [5.41, 5.74) is 4.23. The standard InChI is InChI=1S/C24H16ClIN8O/c1-33-12-27-29-23(33)19-17(22(35)13-5-7-16(26)8-6-13)9-10-18-20(19)21(14-3-2-4-15(25)11-14)28-24-30-31-32-34(18)24/h2-12,22,35H,1H3. The molecule has 9 nitrogen and oxygen atoms in total. The maximum atomic E-state index is 11.5. The van der Waals surface area contributed by atoms with Crippen molar-refractivity contribution in [2.24, 2.45) is 7.05 Å². The van der Waals surface area contributed by atoms with Gasteiger partial charge in [0.05, 0.1) is 11.2 Å². The van der Waals surface area contributed by atoms with Crippen molar-refractivity contribution in [1.82, 2.24) is 39.8 Å². The number of rotatable bonds is 4. The first-order valence-corrected chi connectivity index (χ1v) is 12.1. The van der Waals surface area contributed by atoms with Crippen LogP contribution in [-0.4, -0.2) is 44.9 Å². The Labute approximate surface area is 217 Å². The van der Waals surface area contributed by atoms with Gasteiger partial charge in [0.2, 0.25) is 0 Å². The average Bonchev–Trinajstić information content (AvgIpc) is 3.51. The largest absolute Gasteiger partial charge is 0.384 e. The van der Waals surface area contributed by atoms with Gasteiger partial charge in [0, 0.05) is 32.2 Å². The lowest BCUT2D eigenvalue weighted by atomic mass is 9.91. The topological polar surface area (TPSA) is 107 Å². The van der Waals surface area contributed by atoms with Crippen LogP contribution in [-0.2, 0) is 7.05 Å². The third-order valence-electron chi connectivity index (χ3n) is 5.86. The van der Waals surface area contributed by atoms with Crippen LogP contribution >= 0.6 is 34.2 Å². The maximum absolute atomic E-state index is 11.5. The smallest absolute Gasteiger partial charge is 0.274 e. The summed E-state index contributed by atoms with van der Waals surface area (Å²) in [6, 6.07) is 19.0. The Morgan fingerprint density at radius 3 is 2.60 bits per heavy atom. The van der Waals surface area contributed by atoms with E-state index in [1.807, 2.05) is 66.2 Å². The van der Waals surface area contributed by atoms with Gasteiger partial charge in [-0.3, -0.25) is 0 Å². The first-order chi connectivity index (χ1) is 17.0. The van der Waals surface area contributed by atoms with Gasteiger partial charge < -0.3 is 9.67 Å². The maximum Gasteiger partial charge on any atom is 0.274 e. The summed E-state index contributed by atoms with van der Waals surface area (Å²) < 4.78 is 4.47. The van der Waals surface area contributed by atoms with Gasteiger partial charge in [-0.2, -0.15) is 4.52 Å². The molecule has 3 aromatic carbocycles. The highest BCUT2D eigenvalue weighted by atomic mass is 127. The average molecular weight is 595 g/mol. The number of fused-ring (bicyclic) bond motifs is 3. The van der Waals surface area contributed by atoms with Crippen LogP contribution in [0.3, 0.4) is 0 Å². The number of nitrogens with zero attached hydrogens (tertiary/aromatic N) is 8. The molecule has 172 valence electrons. The molecular formula is C24H16ClIN8O. The number of aliphatic hydroxyl groups is 1. The number of hydrogen-bond donors (Lipinski definition) is 1. The van der Waals surface area contributed by atoms with Gasteiger partial charge in [0.25, 0.3) is 5.78 Å². The van der Waals surface area contributed by atoms with Crippen LogP contribution in [0.15, 0.2) is 67.0 Å². The first-order valence-electron chi connectivity index (χ1n) is 10.6. The molecule has 0 aliphatic heterocycles. The predicted molar refractivity (Wildman–Crippen MR) is 140 cm³/mol. The second-order valence-corrected chi connectivity index (χ2v) is 9.69. The van der Waals surface area contributed by atoms with Crippen molar-refractivity contribution in [2.45, 2.75) is 6.10 Å². The molecular weight excluding hydrogens is 579 g/mol. The third kappa shape index (κ3) is 3.74. The first kappa shape index (κ1) is 22.0. The minimum Gasteiger partial charge on any atom is -0.384 e. The summed E-state index contributed by atoms with van der Waals surface area (Å²) in [7, 11) is 1.86. The molecule has 0 saturated carbocycles. The predicted octanol–water partition coefficient (Wildman–Crippen LogP) is 4.47. The van der Waals surface area contributed by atoms with Gasteiger partial charge in [-0.1, -0.05) is 47.0 Å². The van der Waals surface area contributed by atoms with Crippen molar-refractivity contribution in [3.63, 3.8) is 0 Å². The van der Waals surface area contributed by atoms with Crippen LogP contribution in [0.4, 0.5) is 0 Å². The van der Waals surface area contributed by atoms with Gasteiger partial charge in [-0.15, -0.1) is 10.2 Å². The summed E-state index contributed by atoms with van der Waals surface area (Å²) in [6.45, 7) is 0. The van der Waals surface area contributed by atoms with Crippen LogP contribution in [0.25, 0.3) is 39.3 Å². The molecule has 3 aromatic heterocycles. The molecule has 0 aliphatic rings. The van der Waals surface area contributed by atoms with Crippen LogP contribution in [0.1, 0.15) is 17.2 Å². The lowest BCUT2D eigenvalue weighted by Crippen LogP contribution is -2.08. The van der Waals surface area contributed by atoms with E-state index in [-0.39, 0.29) is 0 Å². The van der Waals surface area contributed by atoms with E-state index in [0.717, 1.165) is 20.1 Å². The van der Waals surface area contributed by atoms with E-state index in [9.17, 15) is 5.11 Å². The highest BCUT2D eigenvalue weighted by molar-refractivity contribution is 14.1. The molecule has 1 N–H and O–H groups in total. The quantitative estimate of drug-likeness (QED) is 0.300. The Kier molecular flexibility index (Phi) is 5.43. The van der Waals surface area contributed by atoms with Crippen LogP contribution in [0, 0.1) is 3.57 Å². The molecule has 0 spiro atoms. The highest BCUT2D eigenvalue weighted by Gasteiger charge is 2.25. The van der Waals surface area contributed by atoms with E-state index in [2.05, 4.69) is 48.3 Å². The van der Waals surface area contributed by atoms with Crippen LogP contribution in [0.2, 0.25) is 5.02 Å². The van der Waals surface area contributed by atoms with Gasteiger partial charge in [-0.25, -0.2) is 4.98 Å². The number of benzene rings is 3. The lowest BCUT2D eigenvalue weighted by Gasteiger charge is -2.19. The Balaban J connectivity index is 1.76. The second kappa shape index (κ2) is 8.63. The third-order valence-corrected chi connectivity index (χ3v) is 6.81. The normalized spacial score (nSPS) is 12.5. The molecule has 11 heteroatoms. The van der Waals surface area contributed by atoms with E-state index in [0.29, 0.717) is 39.0 Å². The SMILES string of the molecule is Cn1cnnc1-c1c(C(O)c2ccc(I)cc2)ccc2c1c(-c1cccc(Cl)c1)nc1nnnn12. The molecule has 1 atom stereocenters. The van der Waals surface area contributed by atoms with Gasteiger partial charge in [0.1, 0.15) is 12.4 Å². The van der Waals surface area contributed by atoms with Crippen molar-refractivity contribution in [2.75, 3.05) is 0 Å². The molecule has 0 saturated heterocycles. The molecule has 0 amide bonds. The van der Waals surface area contributed by atoms with E-state index in [4.69, 9.17) is 16.6 Å². The number of hydrogen-bond acceptors (Lipinski definition) is 7.